The van der Waals surface area contributed by atoms with Crippen molar-refractivity contribution in [1.29, 1.82) is 0 Å². The lowest BCUT2D eigenvalue weighted by Crippen LogP contribution is -2.43. The standard InChI is InChI=1S/C10H12N2O/c1-7(2)12-6-4-9-8(10(12)13)3-5-11-9/h3-4,6-7H,5H2,1-2H3. The van der Waals surface area contributed by atoms with Crippen molar-refractivity contribution in [2.24, 2.45) is 4.99 Å². The van der Waals surface area contributed by atoms with Gasteiger partial charge in [-0.2, -0.15) is 0 Å². The predicted octanol–water partition coefficient (Wildman–Crippen LogP) is -0.157. The van der Waals surface area contributed by atoms with Gasteiger partial charge in [0.05, 0.1) is 17.1 Å². The molecule has 3 nitrogen and oxygen atoms in total. The molecule has 0 aromatic carbocycles. The summed E-state index contributed by atoms with van der Waals surface area (Å²) in [7, 11) is 0. The Morgan fingerprint density at radius 2 is 2.31 bits per heavy atom. The van der Waals surface area contributed by atoms with Crippen molar-refractivity contribution < 1.29 is 0 Å². The van der Waals surface area contributed by atoms with Crippen LogP contribution in [0.15, 0.2) is 22.1 Å². The minimum absolute atomic E-state index is 0.0775. The van der Waals surface area contributed by atoms with Gasteiger partial charge in [0.25, 0.3) is 5.56 Å². The minimum Gasteiger partial charge on any atom is -0.312 e. The lowest BCUT2D eigenvalue weighted by atomic mass is 10.3. The summed E-state index contributed by atoms with van der Waals surface area (Å²) in [5.41, 5.74) is 0.0775. The van der Waals surface area contributed by atoms with E-state index in [1.54, 1.807) is 4.57 Å². The molecule has 0 aliphatic carbocycles. The molecular weight excluding hydrogens is 164 g/mol. The van der Waals surface area contributed by atoms with Gasteiger partial charge in [-0.25, -0.2) is 0 Å². The maximum absolute atomic E-state index is 11.8. The summed E-state index contributed by atoms with van der Waals surface area (Å²) in [5, 5.41) is 1.60. The van der Waals surface area contributed by atoms with Gasteiger partial charge in [-0.3, -0.25) is 9.79 Å². The van der Waals surface area contributed by atoms with Crippen LogP contribution in [0.5, 0.6) is 0 Å². The Morgan fingerprint density at radius 1 is 1.54 bits per heavy atom. The molecule has 0 fully saturated rings. The van der Waals surface area contributed by atoms with Gasteiger partial charge in [-0.15, -0.1) is 0 Å². The summed E-state index contributed by atoms with van der Waals surface area (Å²) >= 11 is 0. The molecule has 0 spiro atoms. The number of pyridine rings is 1. The highest BCUT2D eigenvalue weighted by atomic mass is 16.1. The first kappa shape index (κ1) is 8.23. The molecule has 2 rings (SSSR count). The van der Waals surface area contributed by atoms with Crippen LogP contribution in [0.1, 0.15) is 19.9 Å². The molecule has 1 aliphatic heterocycles. The molecule has 0 saturated heterocycles. The summed E-state index contributed by atoms with van der Waals surface area (Å²) in [5.74, 6) is 0. The second-order valence-electron chi connectivity index (χ2n) is 3.47. The van der Waals surface area contributed by atoms with Gasteiger partial charge in [-0.05, 0) is 26.0 Å². The second kappa shape index (κ2) is 2.83. The maximum atomic E-state index is 11.8. The summed E-state index contributed by atoms with van der Waals surface area (Å²) < 4.78 is 1.73. The van der Waals surface area contributed by atoms with Crippen LogP contribution >= 0.6 is 0 Å². The van der Waals surface area contributed by atoms with Gasteiger partial charge in [0, 0.05) is 12.2 Å². The molecule has 0 amide bonds. The lowest BCUT2D eigenvalue weighted by Gasteiger charge is -2.07. The molecule has 68 valence electrons. The zero-order valence-electron chi connectivity index (χ0n) is 7.82. The van der Waals surface area contributed by atoms with Crippen LogP contribution in [0.4, 0.5) is 0 Å². The fraction of sp³-hybridized carbons (Fsp3) is 0.400. The monoisotopic (exact) mass is 176 g/mol. The van der Waals surface area contributed by atoms with Crippen molar-refractivity contribution in [2.45, 2.75) is 19.9 Å². The SMILES string of the molecule is CC(C)n1ccc2c(c1=O)=CCN=2. The third-order valence-corrected chi connectivity index (χ3v) is 2.25. The largest absolute Gasteiger partial charge is 0.312 e. The number of rotatable bonds is 1. The summed E-state index contributed by atoms with van der Waals surface area (Å²) in [6.07, 6.45) is 3.70. The highest BCUT2D eigenvalue weighted by Gasteiger charge is 2.04. The molecule has 0 radical (unpaired) electrons. The molecule has 13 heavy (non-hydrogen) atoms. The number of hydrogen-bond acceptors (Lipinski definition) is 2. The molecule has 0 atom stereocenters. The van der Waals surface area contributed by atoms with Gasteiger partial charge in [0.15, 0.2) is 0 Å². The Morgan fingerprint density at radius 3 is 3.00 bits per heavy atom. The lowest BCUT2D eigenvalue weighted by molar-refractivity contribution is 0.574. The third kappa shape index (κ3) is 1.20. The first-order chi connectivity index (χ1) is 6.20. The van der Waals surface area contributed by atoms with E-state index in [0.29, 0.717) is 6.54 Å². The van der Waals surface area contributed by atoms with Crippen LogP contribution in [-0.2, 0) is 0 Å². The van der Waals surface area contributed by atoms with Gasteiger partial charge in [0.2, 0.25) is 0 Å². The molecule has 1 aliphatic rings. The zero-order valence-corrected chi connectivity index (χ0v) is 7.82. The number of fused-ring (bicyclic) bond motifs is 1. The van der Waals surface area contributed by atoms with Crippen LogP contribution < -0.4 is 16.1 Å². The number of aromatic nitrogens is 1. The number of nitrogens with zero attached hydrogens (tertiary/aromatic N) is 2. The molecule has 0 bridgehead atoms. The van der Waals surface area contributed by atoms with Crippen molar-refractivity contribution in [3.05, 3.63) is 33.2 Å². The van der Waals surface area contributed by atoms with Crippen molar-refractivity contribution >= 4 is 6.08 Å². The van der Waals surface area contributed by atoms with Crippen molar-refractivity contribution in [1.82, 2.24) is 4.57 Å². The first-order valence-corrected chi connectivity index (χ1v) is 4.46. The second-order valence-corrected chi connectivity index (χ2v) is 3.47. The van der Waals surface area contributed by atoms with E-state index in [-0.39, 0.29) is 11.6 Å². The Hall–Kier alpha value is -1.38. The summed E-state index contributed by atoms with van der Waals surface area (Å²) in [6, 6.07) is 2.12. The first-order valence-electron chi connectivity index (χ1n) is 4.46. The van der Waals surface area contributed by atoms with Gasteiger partial charge >= 0.3 is 0 Å². The average molecular weight is 176 g/mol. The van der Waals surface area contributed by atoms with Crippen molar-refractivity contribution in [3.63, 3.8) is 0 Å². The quantitative estimate of drug-likeness (QED) is 0.585. The van der Waals surface area contributed by atoms with Crippen LogP contribution in [0.3, 0.4) is 0 Å². The maximum Gasteiger partial charge on any atom is 0.259 e. The summed E-state index contributed by atoms with van der Waals surface area (Å²) in [4.78, 5) is 16.0. The highest BCUT2D eigenvalue weighted by Crippen LogP contribution is 1.95. The van der Waals surface area contributed by atoms with Crippen molar-refractivity contribution in [2.75, 3.05) is 6.54 Å². The normalized spacial score (nSPS) is 13.8. The molecule has 3 heteroatoms. The Labute approximate surface area is 76.0 Å². The Balaban J connectivity index is 2.83. The Kier molecular flexibility index (Phi) is 1.79. The van der Waals surface area contributed by atoms with Gasteiger partial charge < -0.3 is 4.57 Å². The molecule has 2 heterocycles. The van der Waals surface area contributed by atoms with E-state index in [0.717, 1.165) is 10.6 Å². The van der Waals surface area contributed by atoms with Crippen LogP contribution in [-0.4, -0.2) is 11.1 Å². The van der Waals surface area contributed by atoms with E-state index in [1.165, 1.54) is 0 Å². The molecule has 0 N–H and O–H groups in total. The zero-order chi connectivity index (χ0) is 9.42. The van der Waals surface area contributed by atoms with E-state index in [2.05, 4.69) is 4.99 Å². The van der Waals surface area contributed by atoms with Crippen LogP contribution in [0.2, 0.25) is 0 Å². The highest BCUT2D eigenvalue weighted by molar-refractivity contribution is 5.27. The molecular formula is C10H12N2O. The van der Waals surface area contributed by atoms with E-state index in [4.69, 9.17) is 0 Å². The molecule has 1 aromatic heterocycles. The average Bonchev–Trinajstić information content (AvgIpc) is 2.52. The van der Waals surface area contributed by atoms with E-state index < -0.39 is 0 Å². The third-order valence-electron chi connectivity index (χ3n) is 2.25. The fourth-order valence-corrected chi connectivity index (χ4v) is 1.53. The molecule has 0 saturated carbocycles. The topological polar surface area (TPSA) is 34.4 Å². The predicted molar refractivity (Wildman–Crippen MR) is 51.2 cm³/mol. The van der Waals surface area contributed by atoms with E-state index in [1.807, 2.05) is 32.2 Å². The minimum atomic E-state index is 0.0775. The van der Waals surface area contributed by atoms with Crippen molar-refractivity contribution in [3.8, 4) is 0 Å². The smallest absolute Gasteiger partial charge is 0.259 e. The summed E-state index contributed by atoms with van der Waals surface area (Å²) in [6.45, 7) is 4.65. The Bertz CT molecular complexity index is 497. The van der Waals surface area contributed by atoms with Crippen LogP contribution in [0.25, 0.3) is 6.08 Å². The van der Waals surface area contributed by atoms with E-state index in [9.17, 15) is 4.79 Å². The molecule has 0 unspecified atom stereocenters. The van der Waals surface area contributed by atoms with Crippen LogP contribution in [0, 0.1) is 0 Å². The molecule has 1 aromatic rings. The van der Waals surface area contributed by atoms with Gasteiger partial charge in [-0.1, -0.05) is 0 Å². The fourth-order valence-electron chi connectivity index (χ4n) is 1.53. The van der Waals surface area contributed by atoms with Gasteiger partial charge in [0.1, 0.15) is 0 Å². The number of hydrogen-bond donors (Lipinski definition) is 0. The van der Waals surface area contributed by atoms with E-state index >= 15 is 0 Å².